The zero-order valence-corrected chi connectivity index (χ0v) is 14.3. The van der Waals surface area contributed by atoms with Crippen LogP contribution in [0.1, 0.15) is 27.7 Å². The predicted molar refractivity (Wildman–Crippen MR) is 89.6 cm³/mol. The van der Waals surface area contributed by atoms with Gasteiger partial charge in [-0.05, 0) is 23.8 Å². The van der Waals surface area contributed by atoms with E-state index >= 15 is 0 Å². The number of carbonyl (C=O) groups excluding carboxylic acids is 1. The van der Waals surface area contributed by atoms with Crippen LogP contribution >= 0.6 is 11.6 Å². The molecule has 3 heterocycles. The second-order valence-corrected chi connectivity index (χ2v) is 6.01. The number of carbonyl (C=O) groups is 1. The van der Waals surface area contributed by atoms with Crippen LogP contribution in [0.2, 0.25) is 5.02 Å². The van der Waals surface area contributed by atoms with Crippen LogP contribution in [0.15, 0.2) is 41.0 Å². The Bertz CT molecular complexity index is 991. The summed E-state index contributed by atoms with van der Waals surface area (Å²) in [6.07, 6.45) is 0.772. The molecule has 0 saturated carbocycles. The molecular weight excluding hydrogens is 363 g/mol. The number of cyclic esters (lactones) is 1. The second kappa shape index (κ2) is 6.42. The zero-order chi connectivity index (χ0) is 18.3. The first-order valence-corrected chi connectivity index (χ1v) is 8.10. The van der Waals surface area contributed by atoms with E-state index in [-0.39, 0.29) is 28.7 Å². The van der Waals surface area contributed by atoms with Gasteiger partial charge in [-0.25, -0.2) is 9.18 Å². The largest absolute Gasteiger partial charge is 0.467 e. The van der Waals surface area contributed by atoms with E-state index in [4.69, 9.17) is 25.5 Å². The van der Waals surface area contributed by atoms with Gasteiger partial charge in [0.05, 0.1) is 18.4 Å². The van der Waals surface area contributed by atoms with Crippen LogP contribution in [-0.2, 0) is 11.2 Å². The lowest BCUT2D eigenvalue weighted by molar-refractivity contribution is 0.0380. The predicted octanol–water partition coefficient (Wildman–Crippen LogP) is 3.99. The molecule has 0 radical (unpaired) electrons. The quantitative estimate of drug-likeness (QED) is 0.643. The fourth-order valence-electron chi connectivity index (χ4n) is 2.86. The Kier molecular flexibility index (Phi) is 4.08. The van der Waals surface area contributed by atoms with Crippen LogP contribution in [0.3, 0.4) is 0 Å². The van der Waals surface area contributed by atoms with Crippen LogP contribution in [0, 0.1) is 5.82 Å². The first-order valence-electron chi connectivity index (χ1n) is 7.72. The molecule has 8 heteroatoms. The lowest BCUT2D eigenvalue weighted by Crippen LogP contribution is -2.07. The number of hydrogen-bond acceptors (Lipinski definition) is 6. The Morgan fingerprint density at radius 1 is 1.27 bits per heavy atom. The summed E-state index contributed by atoms with van der Waals surface area (Å²) in [5.74, 6) is -0.763. The maximum absolute atomic E-state index is 14.2. The number of halogens is 2. The van der Waals surface area contributed by atoms with E-state index in [2.05, 4.69) is 9.97 Å². The van der Waals surface area contributed by atoms with Crippen molar-refractivity contribution in [2.45, 2.75) is 12.5 Å². The lowest BCUT2D eigenvalue weighted by atomic mass is 10.0. The van der Waals surface area contributed by atoms with Crippen molar-refractivity contribution in [1.29, 1.82) is 0 Å². The van der Waals surface area contributed by atoms with Crippen LogP contribution in [0.5, 0.6) is 6.01 Å². The number of methoxy groups -OCH3 is 1. The average Bonchev–Trinajstić information content (AvgIpc) is 3.27. The van der Waals surface area contributed by atoms with Gasteiger partial charge in [0.15, 0.2) is 5.76 Å². The molecule has 0 saturated heterocycles. The van der Waals surface area contributed by atoms with Gasteiger partial charge in [-0.1, -0.05) is 23.7 Å². The summed E-state index contributed by atoms with van der Waals surface area (Å²) in [5.41, 5.74) is 1.11. The summed E-state index contributed by atoms with van der Waals surface area (Å²) in [7, 11) is 1.41. The highest BCUT2D eigenvalue weighted by atomic mass is 35.5. The number of ether oxygens (including phenoxy) is 2. The van der Waals surface area contributed by atoms with Crippen molar-refractivity contribution in [1.82, 2.24) is 9.97 Å². The molecule has 0 fully saturated rings. The number of aromatic nitrogens is 2. The summed E-state index contributed by atoms with van der Waals surface area (Å²) < 4.78 is 30.1. The lowest BCUT2D eigenvalue weighted by Gasteiger charge is -2.12. The normalized spacial score (nSPS) is 15.7. The molecule has 1 aromatic carbocycles. The van der Waals surface area contributed by atoms with Crippen LogP contribution in [0.4, 0.5) is 4.39 Å². The molecule has 3 aromatic rings. The Hall–Kier alpha value is -2.93. The summed E-state index contributed by atoms with van der Waals surface area (Å²) in [6, 6.07) is 8.07. The van der Waals surface area contributed by atoms with Gasteiger partial charge >= 0.3 is 12.0 Å². The summed E-state index contributed by atoms with van der Waals surface area (Å²) in [5, 5.41) is 0.00332. The van der Waals surface area contributed by atoms with Gasteiger partial charge in [0.2, 0.25) is 0 Å². The molecule has 0 N–H and O–H groups in total. The van der Waals surface area contributed by atoms with E-state index in [1.807, 2.05) is 0 Å². The Morgan fingerprint density at radius 2 is 2.12 bits per heavy atom. The maximum Gasteiger partial charge on any atom is 0.343 e. The first kappa shape index (κ1) is 16.5. The molecule has 1 aliphatic rings. The zero-order valence-electron chi connectivity index (χ0n) is 13.5. The third kappa shape index (κ3) is 2.70. The van der Waals surface area contributed by atoms with E-state index < -0.39 is 17.9 Å². The minimum atomic E-state index is -0.781. The molecule has 1 atom stereocenters. The number of furan rings is 1. The molecule has 0 spiro atoms. The van der Waals surface area contributed by atoms with Gasteiger partial charge in [0.25, 0.3) is 0 Å². The van der Waals surface area contributed by atoms with Crippen LogP contribution in [-0.4, -0.2) is 23.0 Å². The highest BCUT2D eigenvalue weighted by molar-refractivity contribution is 6.30. The van der Waals surface area contributed by atoms with Gasteiger partial charge in [0, 0.05) is 6.42 Å². The number of nitrogens with zero attached hydrogens (tertiary/aromatic N) is 2. The third-order valence-corrected chi connectivity index (χ3v) is 4.34. The SMILES string of the molecule is COc1nc(-c2ccco2)c2c(n1)C(Cc1cccc(Cl)c1F)OC2=O. The van der Waals surface area contributed by atoms with Crippen LogP contribution < -0.4 is 4.74 Å². The number of hydrogen-bond donors (Lipinski definition) is 0. The Labute approximate surface area is 152 Å². The van der Waals surface area contributed by atoms with Crippen molar-refractivity contribution in [2.24, 2.45) is 0 Å². The Morgan fingerprint density at radius 3 is 2.85 bits per heavy atom. The van der Waals surface area contributed by atoms with E-state index in [0.717, 1.165) is 0 Å². The monoisotopic (exact) mass is 374 g/mol. The molecule has 0 aliphatic carbocycles. The molecule has 0 amide bonds. The summed E-state index contributed by atoms with van der Waals surface area (Å²) >= 11 is 5.83. The van der Waals surface area contributed by atoms with Crippen molar-refractivity contribution in [2.75, 3.05) is 7.11 Å². The van der Waals surface area contributed by atoms with Crippen molar-refractivity contribution < 1.29 is 23.1 Å². The van der Waals surface area contributed by atoms with Crippen molar-refractivity contribution in [3.8, 4) is 17.5 Å². The van der Waals surface area contributed by atoms with Gasteiger partial charge in [0.1, 0.15) is 28.9 Å². The van der Waals surface area contributed by atoms with E-state index in [1.54, 1.807) is 24.3 Å². The number of fused-ring (bicyclic) bond motifs is 1. The molecule has 1 aliphatic heterocycles. The summed E-state index contributed by atoms with van der Waals surface area (Å²) in [6.45, 7) is 0. The molecule has 2 aromatic heterocycles. The minimum Gasteiger partial charge on any atom is -0.467 e. The molecule has 4 rings (SSSR count). The van der Waals surface area contributed by atoms with Gasteiger partial charge in [-0.15, -0.1) is 0 Å². The fraction of sp³-hybridized carbons (Fsp3) is 0.167. The standard InChI is InChI=1S/C18H12ClFN2O4/c1-24-18-21-15(11-6-3-7-25-11)13-16(22-18)12(26-17(13)23)8-9-4-2-5-10(19)14(9)20/h2-7,12H,8H2,1H3. The number of esters is 1. The second-order valence-electron chi connectivity index (χ2n) is 5.61. The molecule has 26 heavy (non-hydrogen) atoms. The topological polar surface area (TPSA) is 74.5 Å². The van der Waals surface area contributed by atoms with Gasteiger partial charge in [-0.2, -0.15) is 9.97 Å². The molecule has 1 unspecified atom stereocenters. The molecular formula is C18H12ClFN2O4. The molecule has 132 valence electrons. The number of benzene rings is 1. The summed E-state index contributed by atoms with van der Waals surface area (Å²) in [4.78, 5) is 20.9. The van der Waals surface area contributed by atoms with E-state index in [9.17, 15) is 9.18 Å². The number of rotatable bonds is 4. The van der Waals surface area contributed by atoms with Crippen LogP contribution in [0.25, 0.3) is 11.5 Å². The highest BCUT2D eigenvalue weighted by Crippen LogP contribution is 2.38. The van der Waals surface area contributed by atoms with E-state index in [1.165, 1.54) is 19.4 Å². The first-order chi connectivity index (χ1) is 12.6. The van der Waals surface area contributed by atoms with Crippen molar-refractivity contribution >= 4 is 17.6 Å². The smallest absolute Gasteiger partial charge is 0.343 e. The molecule has 6 nitrogen and oxygen atoms in total. The third-order valence-electron chi connectivity index (χ3n) is 4.05. The average molecular weight is 375 g/mol. The van der Waals surface area contributed by atoms with Crippen molar-refractivity contribution in [3.05, 3.63) is 64.3 Å². The van der Waals surface area contributed by atoms with E-state index in [0.29, 0.717) is 17.0 Å². The maximum atomic E-state index is 14.2. The van der Waals surface area contributed by atoms with Gasteiger partial charge < -0.3 is 13.9 Å². The van der Waals surface area contributed by atoms with Crippen molar-refractivity contribution in [3.63, 3.8) is 0 Å². The Balaban J connectivity index is 1.80. The molecule has 0 bridgehead atoms. The van der Waals surface area contributed by atoms with Gasteiger partial charge in [-0.3, -0.25) is 0 Å². The highest BCUT2D eigenvalue weighted by Gasteiger charge is 2.38. The minimum absolute atomic E-state index is 0.00332. The fourth-order valence-corrected chi connectivity index (χ4v) is 3.06.